The van der Waals surface area contributed by atoms with Crippen LogP contribution in [0.4, 0.5) is 11.4 Å². The Morgan fingerprint density at radius 1 is 1.35 bits per heavy atom. The molecule has 1 heterocycles. The van der Waals surface area contributed by atoms with E-state index < -0.39 is 5.91 Å². The lowest BCUT2D eigenvalue weighted by molar-refractivity contribution is 0.102. The molecule has 0 spiro atoms. The highest BCUT2D eigenvalue weighted by molar-refractivity contribution is 6.06. The predicted molar refractivity (Wildman–Crippen MR) is 75.1 cm³/mol. The third kappa shape index (κ3) is 2.66. The Bertz CT molecular complexity index is 637. The van der Waals surface area contributed by atoms with Crippen LogP contribution in [0.15, 0.2) is 24.4 Å². The lowest BCUT2D eigenvalue weighted by Gasteiger charge is -2.11. The minimum absolute atomic E-state index is 0.172. The molecule has 0 saturated heterocycles. The van der Waals surface area contributed by atoms with Crippen LogP contribution in [0.5, 0.6) is 11.5 Å². The van der Waals surface area contributed by atoms with Crippen LogP contribution in [0, 0.1) is 0 Å². The monoisotopic (exact) mass is 276 g/mol. The number of hydrogen-bond donors (Lipinski definition) is 2. The predicted octanol–water partition coefficient (Wildman–Crippen LogP) is 1.27. The number of nitrogens with one attached hydrogen (secondary N) is 1. The third-order valence-electron chi connectivity index (χ3n) is 2.73. The Morgan fingerprint density at radius 2 is 2.10 bits per heavy atom. The number of ether oxygens (including phenoxy) is 2. The highest BCUT2D eigenvalue weighted by Crippen LogP contribution is 2.29. The number of carbonyl (C=O) groups excluding carboxylic acids is 1. The maximum atomic E-state index is 12.1. The van der Waals surface area contributed by atoms with Gasteiger partial charge in [-0.1, -0.05) is 0 Å². The molecule has 0 aliphatic heterocycles. The summed E-state index contributed by atoms with van der Waals surface area (Å²) in [6, 6.07) is 5.09. The first kappa shape index (κ1) is 13.7. The number of rotatable bonds is 4. The molecule has 2 rings (SSSR count). The van der Waals surface area contributed by atoms with Crippen molar-refractivity contribution in [3.05, 3.63) is 30.1 Å². The summed E-state index contributed by atoms with van der Waals surface area (Å²) in [6.07, 6.45) is 1.57. The van der Waals surface area contributed by atoms with Crippen molar-refractivity contribution in [1.29, 1.82) is 0 Å². The van der Waals surface area contributed by atoms with Crippen LogP contribution < -0.4 is 20.5 Å². The summed E-state index contributed by atoms with van der Waals surface area (Å²) >= 11 is 0. The van der Waals surface area contributed by atoms with Crippen LogP contribution >= 0.6 is 0 Å². The van der Waals surface area contributed by atoms with E-state index in [1.54, 1.807) is 38.6 Å². The highest BCUT2D eigenvalue weighted by atomic mass is 16.5. The fourth-order valence-electron chi connectivity index (χ4n) is 1.77. The van der Waals surface area contributed by atoms with Gasteiger partial charge in [-0.05, 0) is 12.1 Å². The molecule has 0 aliphatic carbocycles. The van der Waals surface area contributed by atoms with E-state index >= 15 is 0 Å². The normalized spacial score (nSPS) is 10.2. The molecule has 0 fully saturated rings. The highest BCUT2D eigenvalue weighted by Gasteiger charge is 2.16. The second-order valence-electron chi connectivity index (χ2n) is 4.13. The number of aromatic nitrogens is 2. The number of benzene rings is 1. The maximum Gasteiger partial charge on any atom is 0.278 e. The minimum Gasteiger partial charge on any atom is -0.497 e. The van der Waals surface area contributed by atoms with E-state index in [-0.39, 0.29) is 5.69 Å². The molecule has 1 aromatic heterocycles. The molecule has 0 aliphatic rings. The van der Waals surface area contributed by atoms with Gasteiger partial charge in [-0.2, -0.15) is 5.10 Å². The smallest absolute Gasteiger partial charge is 0.278 e. The first-order chi connectivity index (χ1) is 9.55. The Kier molecular flexibility index (Phi) is 3.79. The van der Waals surface area contributed by atoms with Crippen molar-refractivity contribution in [2.24, 2.45) is 7.05 Å². The Labute approximate surface area is 116 Å². The summed E-state index contributed by atoms with van der Waals surface area (Å²) in [5, 5.41) is 6.72. The van der Waals surface area contributed by atoms with E-state index in [1.165, 1.54) is 11.8 Å². The number of nitrogens with zero attached hydrogens (tertiary/aromatic N) is 2. The zero-order chi connectivity index (χ0) is 14.7. The molecular weight excluding hydrogens is 260 g/mol. The van der Waals surface area contributed by atoms with Crippen molar-refractivity contribution < 1.29 is 14.3 Å². The standard InChI is InChI=1S/C13H16N4O3/c1-17-7-9(14)12(16-17)13(18)15-10-5-4-8(19-2)6-11(10)20-3/h4-7H,14H2,1-3H3,(H,15,18). The van der Waals surface area contributed by atoms with E-state index in [0.29, 0.717) is 22.9 Å². The minimum atomic E-state index is -0.397. The molecule has 20 heavy (non-hydrogen) atoms. The van der Waals surface area contributed by atoms with E-state index in [0.717, 1.165) is 0 Å². The molecule has 1 amide bonds. The van der Waals surface area contributed by atoms with Gasteiger partial charge < -0.3 is 20.5 Å². The van der Waals surface area contributed by atoms with E-state index in [9.17, 15) is 4.79 Å². The van der Waals surface area contributed by atoms with Gasteiger partial charge in [0, 0.05) is 19.3 Å². The number of nitrogens with two attached hydrogens (primary N) is 1. The van der Waals surface area contributed by atoms with Crippen LogP contribution in [0.2, 0.25) is 0 Å². The van der Waals surface area contributed by atoms with Crippen LogP contribution in [0.1, 0.15) is 10.5 Å². The van der Waals surface area contributed by atoms with Gasteiger partial charge >= 0.3 is 0 Å². The van der Waals surface area contributed by atoms with Crippen LogP contribution in [0.25, 0.3) is 0 Å². The van der Waals surface area contributed by atoms with Gasteiger partial charge in [0.25, 0.3) is 5.91 Å². The summed E-state index contributed by atoms with van der Waals surface area (Å²) in [4.78, 5) is 12.1. The van der Waals surface area contributed by atoms with Gasteiger partial charge in [0.05, 0.1) is 25.6 Å². The summed E-state index contributed by atoms with van der Waals surface area (Å²) in [5.41, 5.74) is 6.72. The average molecular weight is 276 g/mol. The molecule has 0 radical (unpaired) electrons. The summed E-state index contributed by atoms with van der Waals surface area (Å²) < 4.78 is 11.8. The van der Waals surface area contributed by atoms with Crippen LogP contribution in [-0.4, -0.2) is 29.9 Å². The number of methoxy groups -OCH3 is 2. The van der Waals surface area contributed by atoms with Crippen molar-refractivity contribution in [1.82, 2.24) is 9.78 Å². The fourth-order valence-corrected chi connectivity index (χ4v) is 1.77. The third-order valence-corrected chi connectivity index (χ3v) is 2.73. The van der Waals surface area contributed by atoms with Crippen molar-refractivity contribution in [3.63, 3.8) is 0 Å². The molecule has 3 N–H and O–H groups in total. The Morgan fingerprint density at radius 3 is 2.65 bits per heavy atom. The number of amides is 1. The molecule has 2 aromatic rings. The number of anilines is 2. The van der Waals surface area contributed by atoms with E-state index in [4.69, 9.17) is 15.2 Å². The van der Waals surface area contributed by atoms with E-state index in [1.807, 2.05) is 0 Å². The van der Waals surface area contributed by atoms with Crippen LogP contribution in [-0.2, 0) is 7.05 Å². The number of hydrogen-bond acceptors (Lipinski definition) is 5. The first-order valence-electron chi connectivity index (χ1n) is 5.87. The van der Waals surface area contributed by atoms with Crippen LogP contribution in [0.3, 0.4) is 0 Å². The number of aryl methyl sites for hydroxylation is 1. The molecule has 1 aromatic carbocycles. The molecule has 0 bridgehead atoms. The van der Waals surface area contributed by atoms with Gasteiger partial charge in [-0.15, -0.1) is 0 Å². The van der Waals surface area contributed by atoms with Crippen molar-refractivity contribution >= 4 is 17.3 Å². The fraction of sp³-hybridized carbons (Fsp3) is 0.231. The van der Waals surface area contributed by atoms with Crippen molar-refractivity contribution in [3.8, 4) is 11.5 Å². The lowest BCUT2D eigenvalue weighted by atomic mass is 10.2. The van der Waals surface area contributed by atoms with Gasteiger partial charge in [0.1, 0.15) is 11.5 Å². The summed E-state index contributed by atoms with van der Waals surface area (Å²) in [5.74, 6) is 0.732. The van der Waals surface area contributed by atoms with Gasteiger partial charge in [0.15, 0.2) is 5.69 Å². The Hall–Kier alpha value is -2.70. The molecule has 0 atom stereocenters. The quantitative estimate of drug-likeness (QED) is 0.877. The average Bonchev–Trinajstić information content (AvgIpc) is 2.78. The zero-order valence-corrected chi connectivity index (χ0v) is 11.5. The molecule has 7 nitrogen and oxygen atoms in total. The van der Waals surface area contributed by atoms with Crippen molar-refractivity contribution in [2.75, 3.05) is 25.3 Å². The topological polar surface area (TPSA) is 91.4 Å². The van der Waals surface area contributed by atoms with E-state index in [2.05, 4.69) is 10.4 Å². The van der Waals surface area contributed by atoms with Gasteiger partial charge in [-0.3, -0.25) is 9.48 Å². The lowest BCUT2D eigenvalue weighted by Crippen LogP contribution is -2.15. The molecular formula is C13H16N4O3. The van der Waals surface area contributed by atoms with Gasteiger partial charge in [0.2, 0.25) is 0 Å². The second kappa shape index (κ2) is 5.52. The molecule has 0 saturated carbocycles. The van der Waals surface area contributed by atoms with Gasteiger partial charge in [-0.25, -0.2) is 0 Å². The Balaban J connectivity index is 2.25. The second-order valence-corrected chi connectivity index (χ2v) is 4.13. The summed E-state index contributed by atoms with van der Waals surface area (Å²) in [7, 11) is 4.77. The SMILES string of the molecule is COc1ccc(NC(=O)c2nn(C)cc2N)c(OC)c1. The molecule has 0 unspecified atom stereocenters. The first-order valence-corrected chi connectivity index (χ1v) is 5.87. The zero-order valence-electron chi connectivity index (χ0n) is 11.5. The van der Waals surface area contributed by atoms with Crippen molar-refractivity contribution in [2.45, 2.75) is 0 Å². The maximum absolute atomic E-state index is 12.1. The largest absolute Gasteiger partial charge is 0.497 e. The summed E-state index contributed by atoms with van der Waals surface area (Å²) in [6.45, 7) is 0. The molecule has 106 valence electrons. The molecule has 7 heteroatoms. The number of nitrogen functional groups attached to an aromatic ring is 1. The number of carbonyl (C=O) groups is 1.